The van der Waals surface area contributed by atoms with E-state index in [4.69, 9.17) is 5.11 Å². The van der Waals surface area contributed by atoms with E-state index in [1.807, 2.05) is 24.4 Å². The molecular weight excluding hydrogens is 400 g/mol. The molecule has 1 aromatic heterocycles. The van der Waals surface area contributed by atoms with Crippen molar-refractivity contribution >= 4 is 57.4 Å². The van der Waals surface area contributed by atoms with Crippen LogP contribution in [0.3, 0.4) is 0 Å². The van der Waals surface area contributed by atoms with Gasteiger partial charge >= 0.3 is 5.97 Å². The average molecular weight is 416 g/mol. The van der Waals surface area contributed by atoms with Crippen LogP contribution in [-0.2, 0) is 9.59 Å². The molecule has 1 unspecified atom stereocenters. The van der Waals surface area contributed by atoms with Gasteiger partial charge in [-0.25, -0.2) is 4.79 Å². The highest BCUT2D eigenvalue weighted by Crippen LogP contribution is 2.23. The quantitative estimate of drug-likeness (QED) is 0.494. The second kappa shape index (κ2) is 8.81. The van der Waals surface area contributed by atoms with Crippen LogP contribution in [0, 0.1) is 0 Å². The summed E-state index contributed by atoms with van der Waals surface area (Å²) in [5.41, 5.74) is 1.33. The first-order chi connectivity index (χ1) is 13.4. The molecule has 3 N–H and O–H groups in total. The fraction of sp³-hybridized carbons (Fsp3) is 0.167. The Hall–Kier alpha value is -2.98. The van der Waals surface area contributed by atoms with Gasteiger partial charge in [-0.2, -0.15) is 5.10 Å². The lowest BCUT2D eigenvalue weighted by Crippen LogP contribution is -2.28. The molecule has 0 radical (unpaired) electrons. The molecule has 10 heteroatoms. The maximum absolute atomic E-state index is 12.2. The van der Waals surface area contributed by atoms with Crippen LogP contribution in [0.25, 0.3) is 0 Å². The van der Waals surface area contributed by atoms with Gasteiger partial charge in [-0.15, -0.1) is 16.4 Å². The smallest absolute Gasteiger partial charge is 0.335 e. The van der Waals surface area contributed by atoms with E-state index in [9.17, 15) is 14.4 Å². The molecule has 2 heterocycles. The minimum atomic E-state index is -1.04. The number of aromatic carboxylic acids is 1. The molecule has 0 aliphatic carbocycles. The largest absolute Gasteiger partial charge is 0.478 e. The summed E-state index contributed by atoms with van der Waals surface area (Å²) in [6, 6.07) is 9.64. The number of nitrogens with zero attached hydrogens (tertiary/aromatic N) is 2. The highest BCUT2D eigenvalue weighted by atomic mass is 32.2. The van der Waals surface area contributed by atoms with Crippen LogP contribution in [0.4, 0.5) is 5.69 Å². The average Bonchev–Trinajstić information content (AvgIpc) is 3.31. The van der Waals surface area contributed by atoms with Crippen molar-refractivity contribution < 1.29 is 19.5 Å². The standard InChI is InChI=1S/C18H16N4O4S2/c1-10(13-3-2-8-27-13)21-22-18-20-16(24)14(28-18)9-15(23)19-12-6-4-11(5-7-12)17(25)26/h2-8,14H,9H2,1H3,(H,19,23)(H,25,26)(H,20,22,24)/b21-10+. The Kier molecular flexibility index (Phi) is 6.22. The fourth-order valence-corrected chi connectivity index (χ4v) is 3.91. The zero-order valence-electron chi connectivity index (χ0n) is 14.7. The molecule has 1 aliphatic heterocycles. The Morgan fingerprint density at radius 2 is 2.00 bits per heavy atom. The molecular formula is C18H16N4O4S2. The van der Waals surface area contributed by atoms with Gasteiger partial charge in [0.2, 0.25) is 11.8 Å². The van der Waals surface area contributed by atoms with Gasteiger partial charge in [0.1, 0.15) is 5.25 Å². The Morgan fingerprint density at radius 3 is 2.64 bits per heavy atom. The SMILES string of the molecule is C/C(=N\N=C1/NC(=O)C(CC(=O)Nc2ccc(C(=O)O)cc2)S1)c1cccs1. The third-order valence-corrected chi connectivity index (χ3v) is 5.78. The number of benzene rings is 1. The molecule has 2 amide bonds. The first-order valence-corrected chi connectivity index (χ1v) is 9.95. The van der Waals surface area contributed by atoms with Gasteiger partial charge in [-0.05, 0) is 42.6 Å². The molecule has 2 aromatic rings. The van der Waals surface area contributed by atoms with Crippen LogP contribution >= 0.6 is 23.1 Å². The van der Waals surface area contributed by atoms with Gasteiger partial charge in [0.15, 0.2) is 5.17 Å². The monoisotopic (exact) mass is 416 g/mol. The number of carboxylic acids is 1. The van der Waals surface area contributed by atoms with Gasteiger partial charge in [0.25, 0.3) is 0 Å². The first kappa shape index (κ1) is 19.8. The molecule has 1 aromatic carbocycles. The summed E-state index contributed by atoms with van der Waals surface area (Å²) in [6.07, 6.45) is -0.0379. The third kappa shape index (κ3) is 5.05. The van der Waals surface area contributed by atoms with Crippen molar-refractivity contribution in [2.75, 3.05) is 5.32 Å². The van der Waals surface area contributed by atoms with Crippen LogP contribution in [0.2, 0.25) is 0 Å². The number of amides is 2. The molecule has 144 valence electrons. The van der Waals surface area contributed by atoms with Crippen LogP contribution < -0.4 is 10.6 Å². The van der Waals surface area contributed by atoms with E-state index >= 15 is 0 Å². The summed E-state index contributed by atoms with van der Waals surface area (Å²) in [7, 11) is 0. The Balaban J connectivity index is 1.56. The number of hydrogen-bond acceptors (Lipinski definition) is 7. The van der Waals surface area contributed by atoms with Gasteiger partial charge in [0.05, 0.1) is 16.2 Å². The van der Waals surface area contributed by atoms with Crippen LogP contribution in [0.5, 0.6) is 0 Å². The van der Waals surface area contributed by atoms with E-state index in [1.54, 1.807) is 11.3 Å². The molecule has 0 spiro atoms. The molecule has 3 rings (SSSR count). The van der Waals surface area contributed by atoms with Gasteiger partial charge in [-0.1, -0.05) is 17.8 Å². The zero-order valence-corrected chi connectivity index (χ0v) is 16.3. The number of rotatable bonds is 6. The van der Waals surface area contributed by atoms with E-state index in [1.165, 1.54) is 24.3 Å². The minimum Gasteiger partial charge on any atom is -0.478 e. The van der Waals surface area contributed by atoms with E-state index in [2.05, 4.69) is 20.8 Å². The molecule has 8 nitrogen and oxygen atoms in total. The molecule has 1 atom stereocenters. The summed E-state index contributed by atoms with van der Waals surface area (Å²) in [5, 5.41) is 24.0. The lowest BCUT2D eigenvalue weighted by molar-refractivity contribution is -0.122. The predicted molar refractivity (Wildman–Crippen MR) is 110 cm³/mol. The number of carbonyl (C=O) groups is 3. The summed E-state index contributed by atoms with van der Waals surface area (Å²) in [5.74, 6) is -1.69. The fourth-order valence-electron chi connectivity index (χ4n) is 2.32. The Morgan fingerprint density at radius 1 is 1.25 bits per heavy atom. The van der Waals surface area contributed by atoms with Crippen molar-refractivity contribution in [2.24, 2.45) is 10.2 Å². The number of carbonyl (C=O) groups excluding carboxylic acids is 2. The number of nitrogens with one attached hydrogen (secondary N) is 2. The highest BCUT2D eigenvalue weighted by Gasteiger charge is 2.32. The molecule has 0 bridgehead atoms. The maximum Gasteiger partial charge on any atom is 0.335 e. The lowest BCUT2D eigenvalue weighted by Gasteiger charge is -2.07. The topological polar surface area (TPSA) is 120 Å². The summed E-state index contributed by atoms with van der Waals surface area (Å²) in [4.78, 5) is 36.1. The molecule has 0 saturated carbocycles. The van der Waals surface area contributed by atoms with Crippen molar-refractivity contribution in [3.05, 3.63) is 52.2 Å². The molecule has 28 heavy (non-hydrogen) atoms. The number of thioether (sulfide) groups is 1. The molecule has 1 aliphatic rings. The number of carboxylic acid groups (broad SMARTS) is 1. The van der Waals surface area contributed by atoms with E-state index in [-0.39, 0.29) is 23.8 Å². The molecule has 1 fully saturated rings. The summed E-state index contributed by atoms with van der Waals surface area (Å²) in [6.45, 7) is 1.83. The van der Waals surface area contributed by atoms with E-state index < -0.39 is 11.2 Å². The zero-order chi connectivity index (χ0) is 20.1. The first-order valence-electron chi connectivity index (χ1n) is 8.19. The highest BCUT2D eigenvalue weighted by molar-refractivity contribution is 8.15. The van der Waals surface area contributed by atoms with Crippen molar-refractivity contribution in [2.45, 2.75) is 18.6 Å². The minimum absolute atomic E-state index is 0.0379. The van der Waals surface area contributed by atoms with Crippen molar-refractivity contribution in [3.63, 3.8) is 0 Å². The molecule has 1 saturated heterocycles. The van der Waals surface area contributed by atoms with Crippen LogP contribution in [0.15, 0.2) is 52.0 Å². The number of anilines is 1. The normalized spacial score (nSPS) is 18.2. The third-order valence-electron chi connectivity index (χ3n) is 3.73. The van der Waals surface area contributed by atoms with Crippen molar-refractivity contribution in [3.8, 4) is 0 Å². The van der Waals surface area contributed by atoms with Gasteiger partial charge in [-0.3, -0.25) is 9.59 Å². The maximum atomic E-state index is 12.2. The predicted octanol–water partition coefficient (Wildman–Crippen LogP) is 2.79. The number of hydrogen-bond donors (Lipinski definition) is 3. The second-order valence-corrected chi connectivity index (χ2v) is 7.94. The van der Waals surface area contributed by atoms with E-state index in [0.29, 0.717) is 10.9 Å². The summed E-state index contributed by atoms with van der Waals surface area (Å²) >= 11 is 2.70. The van der Waals surface area contributed by atoms with Crippen molar-refractivity contribution in [1.82, 2.24) is 5.32 Å². The lowest BCUT2D eigenvalue weighted by atomic mass is 10.2. The second-order valence-electron chi connectivity index (χ2n) is 5.80. The van der Waals surface area contributed by atoms with Gasteiger partial charge < -0.3 is 15.7 Å². The van der Waals surface area contributed by atoms with E-state index in [0.717, 1.165) is 22.4 Å². The Labute approximate surface area is 168 Å². The van der Waals surface area contributed by atoms with Gasteiger partial charge in [0, 0.05) is 12.1 Å². The van der Waals surface area contributed by atoms with Crippen molar-refractivity contribution in [1.29, 1.82) is 0 Å². The Bertz CT molecular complexity index is 952. The number of amidine groups is 1. The summed E-state index contributed by atoms with van der Waals surface area (Å²) < 4.78 is 0. The van der Waals surface area contributed by atoms with Crippen LogP contribution in [-0.4, -0.2) is 39.0 Å². The van der Waals surface area contributed by atoms with Crippen LogP contribution in [0.1, 0.15) is 28.6 Å². The number of thiophene rings is 1.